The Morgan fingerprint density at radius 3 is 2.58 bits per heavy atom. The molecule has 136 valence electrons. The van der Waals surface area contributed by atoms with E-state index >= 15 is 0 Å². The normalized spacial score (nSPS) is 48.1. The third kappa shape index (κ3) is 2.88. The highest BCUT2D eigenvalue weighted by molar-refractivity contribution is 5.26. The Balaban J connectivity index is 2.05. The van der Waals surface area contributed by atoms with E-state index in [-0.39, 0.29) is 29.8 Å². The number of hydrogen-bond donors (Lipinski definition) is 4. The van der Waals surface area contributed by atoms with Gasteiger partial charge >= 0.3 is 0 Å². The molecule has 0 aromatic heterocycles. The van der Waals surface area contributed by atoms with Gasteiger partial charge in [-0.1, -0.05) is 24.6 Å². The maximum Gasteiger partial charge on any atom is 0.0713 e. The second kappa shape index (κ2) is 6.24. The summed E-state index contributed by atoms with van der Waals surface area (Å²) in [5, 5.41) is 42.9. The van der Waals surface area contributed by atoms with Crippen molar-refractivity contribution in [2.75, 3.05) is 6.61 Å². The van der Waals surface area contributed by atoms with Crippen molar-refractivity contribution >= 4 is 0 Å². The van der Waals surface area contributed by atoms with Crippen LogP contribution >= 0.6 is 0 Å². The summed E-state index contributed by atoms with van der Waals surface area (Å²) < 4.78 is 0. The molecule has 0 aromatic rings. The van der Waals surface area contributed by atoms with Crippen LogP contribution in [-0.4, -0.2) is 44.8 Å². The fourth-order valence-electron chi connectivity index (χ4n) is 5.60. The molecule has 0 saturated heterocycles. The Labute approximate surface area is 144 Å². The van der Waals surface area contributed by atoms with Crippen molar-refractivity contribution in [1.29, 1.82) is 0 Å². The van der Waals surface area contributed by atoms with E-state index in [1.165, 1.54) is 0 Å². The quantitative estimate of drug-likeness (QED) is 0.583. The highest BCUT2D eigenvalue weighted by Gasteiger charge is 2.58. The monoisotopic (exact) mass is 336 g/mol. The van der Waals surface area contributed by atoms with Crippen molar-refractivity contribution < 1.29 is 20.4 Å². The van der Waals surface area contributed by atoms with E-state index < -0.39 is 17.8 Å². The molecular formula is C20H32O4. The first-order valence-corrected chi connectivity index (χ1v) is 9.25. The molecule has 4 heteroatoms. The molecule has 4 N–H and O–H groups in total. The molecule has 0 spiro atoms. The molecule has 0 aromatic carbocycles. The summed E-state index contributed by atoms with van der Waals surface area (Å²) >= 11 is 0. The van der Waals surface area contributed by atoms with Gasteiger partial charge in [0.05, 0.1) is 24.4 Å². The van der Waals surface area contributed by atoms with Crippen LogP contribution in [0, 0.1) is 23.2 Å². The van der Waals surface area contributed by atoms with Crippen LogP contribution in [0.3, 0.4) is 0 Å². The van der Waals surface area contributed by atoms with Gasteiger partial charge in [-0.3, -0.25) is 0 Å². The molecule has 0 radical (unpaired) electrons. The smallest absolute Gasteiger partial charge is 0.0713 e. The summed E-state index contributed by atoms with van der Waals surface area (Å²) in [7, 11) is 0. The first kappa shape index (κ1) is 18.1. The van der Waals surface area contributed by atoms with Crippen molar-refractivity contribution in [3.63, 3.8) is 0 Å². The second-order valence-corrected chi connectivity index (χ2v) is 8.87. The molecule has 7 atom stereocenters. The average molecular weight is 336 g/mol. The van der Waals surface area contributed by atoms with Crippen LogP contribution in [0.5, 0.6) is 0 Å². The lowest BCUT2D eigenvalue weighted by atomic mass is 9.59. The molecular weight excluding hydrogens is 304 g/mol. The van der Waals surface area contributed by atoms with Crippen LogP contribution < -0.4 is 0 Å². The van der Waals surface area contributed by atoms with Crippen molar-refractivity contribution in [3.05, 3.63) is 23.3 Å². The zero-order valence-corrected chi connectivity index (χ0v) is 15.1. The molecule has 0 aliphatic heterocycles. The van der Waals surface area contributed by atoms with E-state index in [4.69, 9.17) is 0 Å². The summed E-state index contributed by atoms with van der Waals surface area (Å²) in [6.45, 7) is 6.03. The van der Waals surface area contributed by atoms with E-state index in [0.29, 0.717) is 19.3 Å². The first-order chi connectivity index (χ1) is 11.2. The third-order valence-corrected chi connectivity index (χ3v) is 6.80. The van der Waals surface area contributed by atoms with E-state index in [1.54, 1.807) is 0 Å². The second-order valence-electron chi connectivity index (χ2n) is 8.87. The summed E-state index contributed by atoms with van der Waals surface area (Å²) in [4.78, 5) is 0. The van der Waals surface area contributed by atoms with Crippen molar-refractivity contribution in [1.82, 2.24) is 0 Å². The molecule has 4 nitrogen and oxygen atoms in total. The Morgan fingerprint density at radius 2 is 1.96 bits per heavy atom. The summed E-state index contributed by atoms with van der Waals surface area (Å²) in [5.41, 5.74) is 0.774. The highest BCUT2D eigenvalue weighted by atomic mass is 16.3. The summed E-state index contributed by atoms with van der Waals surface area (Å²) in [5.74, 6) is -0.456. The van der Waals surface area contributed by atoms with Crippen molar-refractivity contribution in [2.45, 2.75) is 70.7 Å². The van der Waals surface area contributed by atoms with Gasteiger partial charge in [0.2, 0.25) is 0 Å². The Bertz CT molecular complexity index is 550. The molecule has 2 fully saturated rings. The predicted molar refractivity (Wildman–Crippen MR) is 93.2 cm³/mol. The number of hydrogen-bond acceptors (Lipinski definition) is 4. The zero-order valence-electron chi connectivity index (χ0n) is 15.1. The van der Waals surface area contributed by atoms with Gasteiger partial charge in [-0.05, 0) is 62.9 Å². The SMILES string of the molecule is CC(C)=CC1C=C(CO)C2CCC3(C)CC(O)(CCC3O)C2C1O. The standard InChI is InChI=1S/C20H32O4/c1-12(2)8-13-9-14(10-21)15-4-6-19(3)11-20(24,7-5-16(19)22)17(15)18(13)23/h8-9,13,15-18,21-24H,4-7,10-11H2,1-3H3. The highest BCUT2D eigenvalue weighted by Crippen LogP contribution is 2.57. The lowest BCUT2D eigenvalue weighted by molar-refractivity contribution is -0.156. The molecule has 3 rings (SSSR count). The zero-order chi connectivity index (χ0) is 17.7. The van der Waals surface area contributed by atoms with E-state index in [2.05, 4.69) is 6.92 Å². The Morgan fingerprint density at radius 1 is 1.25 bits per heavy atom. The molecule has 24 heavy (non-hydrogen) atoms. The fourth-order valence-corrected chi connectivity index (χ4v) is 5.60. The minimum atomic E-state index is -0.975. The third-order valence-electron chi connectivity index (χ3n) is 6.80. The van der Waals surface area contributed by atoms with Gasteiger partial charge in [0, 0.05) is 11.8 Å². The van der Waals surface area contributed by atoms with Crippen LogP contribution in [0.15, 0.2) is 23.3 Å². The van der Waals surface area contributed by atoms with E-state index in [0.717, 1.165) is 24.0 Å². The Hall–Kier alpha value is -0.680. The van der Waals surface area contributed by atoms with Crippen LogP contribution in [0.1, 0.15) is 52.9 Å². The van der Waals surface area contributed by atoms with Crippen LogP contribution in [0.25, 0.3) is 0 Å². The number of aliphatic hydroxyl groups excluding tert-OH is 3. The van der Waals surface area contributed by atoms with Gasteiger partial charge in [0.1, 0.15) is 0 Å². The molecule has 2 bridgehead atoms. The molecule has 7 unspecified atom stereocenters. The molecule has 0 heterocycles. The number of allylic oxidation sites excluding steroid dienone is 1. The summed E-state index contributed by atoms with van der Waals surface area (Å²) in [6, 6.07) is 0. The largest absolute Gasteiger partial charge is 0.393 e. The van der Waals surface area contributed by atoms with Crippen LogP contribution in [0.4, 0.5) is 0 Å². The average Bonchev–Trinajstić information content (AvgIpc) is 2.60. The van der Waals surface area contributed by atoms with Crippen molar-refractivity contribution in [3.8, 4) is 0 Å². The topological polar surface area (TPSA) is 80.9 Å². The molecule has 3 aliphatic carbocycles. The number of fused-ring (bicyclic) bond motifs is 4. The van der Waals surface area contributed by atoms with Crippen LogP contribution in [0.2, 0.25) is 0 Å². The number of rotatable bonds is 2. The van der Waals surface area contributed by atoms with Gasteiger partial charge in [0.15, 0.2) is 0 Å². The minimum Gasteiger partial charge on any atom is -0.393 e. The maximum atomic E-state index is 11.5. The lowest BCUT2D eigenvalue weighted by Crippen LogP contribution is -2.56. The number of aliphatic hydroxyl groups is 4. The van der Waals surface area contributed by atoms with Crippen LogP contribution in [-0.2, 0) is 0 Å². The molecule has 0 amide bonds. The minimum absolute atomic E-state index is 0.0102. The van der Waals surface area contributed by atoms with E-state index in [9.17, 15) is 20.4 Å². The first-order valence-electron chi connectivity index (χ1n) is 9.25. The van der Waals surface area contributed by atoms with Gasteiger partial charge in [0.25, 0.3) is 0 Å². The lowest BCUT2D eigenvalue weighted by Gasteiger charge is -2.51. The van der Waals surface area contributed by atoms with Crippen molar-refractivity contribution in [2.24, 2.45) is 23.2 Å². The summed E-state index contributed by atoms with van der Waals surface area (Å²) in [6.07, 6.45) is 6.21. The predicted octanol–water partition coefficient (Wildman–Crippen LogP) is 2.17. The molecule has 2 saturated carbocycles. The van der Waals surface area contributed by atoms with Gasteiger partial charge in [-0.25, -0.2) is 0 Å². The van der Waals surface area contributed by atoms with Gasteiger partial charge in [-0.2, -0.15) is 0 Å². The van der Waals surface area contributed by atoms with Gasteiger partial charge < -0.3 is 20.4 Å². The van der Waals surface area contributed by atoms with Gasteiger partial charge in [-0.15, -0.1) is 0 Å². The Kier molecular flexibility index (Phi) is 4.71. The maximum absolute atomic E-state index is 11.5. The fraction of sp³-hybridized carbons (Fsp3) is 0.800. The van der Waals surface area contributed by atoms with E-state index in [1.807, 2.05) is 26.0 Å². The molecule has 3 aliphatic rings.